The number of carbonyl (C=O) groups excluding carboxylic acids is 1. The van der Waals surface area contributed by atoms with Crippen LogP contribution in [0.2, 0.25) is 0 Å². The topological polar surface area (TPSA) is 42.0 Å². The van der Waals surface area contributed by atoms with Crippen molar-refractivity contribution < 1.29 is 18.0 Å². The van der Waals surface area contributed by atoms with Crippen molar-refractivity contribution in [3.63, 3.8) is 0 Å². The van der Waals surface area contributed by atoms with E-state index in [9.17, 15) is 18.0 Å². The van der Waals surface area contributed by atoms with Crippen LogP contribution in [0.4, 0.5) is 18.9 Å². The monoisotopic (exact) mass is 342 g/mol. The van der Waals surface area contributed by atoms with E-state index in [2.05, 4.69) is 10.3 Å². The van der Waals surface area contributed by atoms with Crippen molar-refractivity contribution in [2.45, 2.75) is 6.18 Å². The van der Waals surface area contributed by atoms with E-state index in [0.29, 0.717) is 11.3 Å². The molecule has 0 fully saturated rings. The summed E-state index contributed by atoms with van der Waals surface area (Å²) in [7, 11) is 0. The smallest absolute Gasteiger partial charge is 0.320 e. The predicted octanol–water partition coefficient (Wildman–Crippen LogP) is 5.02. The van der Waals surface area contributed by atoms with Gasteiger partial charge in [0, 0.05) is 17.3 Å². The molecule has 1 N–H and O–H groups in total. The zero-order valence-electron chi connectivity index (χ0n) is 12.9. The molecule has 3 aromatic rings. The van der Waals surface area contributed by atoms with Gasteiger partial charge in [0.15, 0.2) is 0 Å². The standard InChI is InChI=1S/C19H13F3N2O/c20-19(21,22)15-9-4-8-14(12-15)17-16(10-5-11-23-17)24-18(25)13-6-2-1-3-7-13/h1-12H,(H,24,25). The van der Waals surface area contributed by atoms with Crippen LogP contribution in [0.15, 0.2) is 72.9 Å². The van der Waals surface area contributed by atoms with Gasteiger partial charge in [0.05, 0.1) is 16.9 Å². The minimum atomic E-state index is -4.45. The van der Waals surface area contributed by atoms with Crippen molar-refractivity contribution in [2.24, 2.45) is 0 Å². The van der Waals surface area contributed by atoms with Gasteiger partial charge in [-0.2, -0.15) is 13.2 Å². The third-order valence-corrected chi connectivity index (χ3v) is 3.56. The van der Waals surface area contributed by atoms with E-state index in [1.165, 1.54) is 18.3 Å². The minimum Gasteiger partial charge on any atom is -0.320 e. The van der Waals surface area contributed by atoms with Crippen molar-refractivity contribution in [1.82, 2.24) is 4.98 Å². The van der Waals surface area contributed by atoms with Crippen LogP contribution in [-0.2, 0) is 6.18 Å². The maximum absolute atomic E-state index is 12.9. The van der Waals surface area contributed by atoms with Crippen LogP contribution in [0.25, 0.3) is 11.3 Å². The van der Waals surface area contributed by atoms with Crippen molar-refractivity contribution >= 4 is 11.6 Å². The summed E-state index contributed by atoms with van der Waals surface area (Å²) in [6, 6.07) is 16.6. The van der Waals surface area contributed by atoms with Gasteiger partial charge in [-0.25, -0.2) is 0 Å². The molecule has 1 heterocycles. The van der Waals surface area contributed by atoms with Gasteiger partial charge in [-0.3, -0.25) is 9.78 Å². The van der Waals surface area contributed by atoms with Crippen LogP contribution in [-0.4, -0.2) is 10.9 Å². The van der Waals surface area contributed by atoms with Gasteiger partial charge in [0.25, 0.3) is 5.91 Å². The Morgan fingerprint density at radius 2 is 1.68 bits per heavy atom. The normalized spacial score (nSPS) is 11.2. The number of benzene rings is 2. The summed E-state index contributed by atoms with van der Waals surface area (Å²) in [6.45, 7) is 0. The highest BCUT2D eigenvalue weighted by Gasteiger charge is 2.30. The molecular formula is C19H13F3N2O. The van der Waals surface area contributed by atoms with Crippen LogP contribution in [0, 0.1) is 0 Å². The Kier molecular flexibility index (Phi) is 4.52. The number of amides is 1. The van der Waals surface area contributed by atoms with Crippen molar-refractivity contribution in [3.8, 4) is 11.3 Å². The molecule has 3 rings (SSSR count). The van der Waals surface area contributed by atoms with Gasteiger partial charge in [0.2, 0.25) is 0 Å². The molecule has 0 unspecified atom stereocenters. The number of alkyl halides is 3. The number of rotatable bonds is 3. The van der Waals surface area contributed by atoms with Gasteiger partial charge < -0.3 is 5.32 Å². The van der Waals surface area contributed by atoms with E-state index in [1.807, 2.05) is 0 Å². The summed E-state index contributed by atoms with van der Waals surface area (Å²) in [5, 5.41) is 2.70. The molecule has 1 aromatic heterocycles. The molecule has 126 valence electrons. The summed E-state index contributed by atoms with van der Waals surface area (Å²) < 4.78 is 38.8. The molecule has 0 aliphatic heterocycles. The maximum atomic E-state index is 12.9. The molecule has 1 amide bonds. The Balaban J connectivity index is 1.96. The predicted molar refractivity (Wildman–Crippen MR) is 89.1 cm³/mol. The maximum Gasteiger partial charge on any atom is 0.416 e. The highest BCUT2D eigenvalue weighted by molar-refractivity contribution is 6.05. The summed E-state index contributed by atoms with van der Waals surface area (Å²) in [4.78, 5) is 16.4. The first-order chi connectivity index (χ1) is 11.9. The highest BCUT2D eigenvalue weighted by Crippen LogP contribution is 2.33. The molecule has 0 saturated carbocycles. The highest BCUT2D eigenvalue weighted by atomic mass is 19.4. The molecule has 0 aliphatic carbocycles. The molecule has 0 spiro atoms. The number of carbonyl (C=O) groups is 1. The van der Waals surface area contributed by atoms with E-state index in [-0.39, 0.29) is 17.2 Å². The molecule has 2 aromatic carbocycles. The van der Waals surface area contributed by atoms with Gasteiger partial charge >= 0.3 is 6.18 Å². The van der Waals surface area contributed by atoms with Crippen molar-refractivity contribution in [2.75, 3.05) is 5.32 Å². The number of hydrogen-bond acceptors (Lipinski definition) is 2. The fourth-order valence-electron chi connectivity index (χ4n) is 2.36. The third-order valence-electron chi connectivity index (χ3n) is 3.56. The molecule has 6 heteroatoms. The number of halogens is 3. The van der Waals surface area contributed by atoms with Crippen LogP contribution in [0.5, 0.6) is 0 Å². The SMILES string of the molecule is O=C(Nc1cccnc1-c1cccc(C(F)(F)F)c1)c1ccccc1. The number of aromatic nitrogens is 1. The molecule has 25 heavy (non-hydrogen) atoms. The molecule has 0 aliphatic rings. The second-order valence-electron chi connectivity index (χ2n) is 5.30. The second kappa shape index (κ2) is 6.76. The molecule has 0 bridgehead atoms. The fraction of sp³-hybridized carbons (Fsp3) is 0.0526. The van der Waals surface area contributed by atoms with Crippen LogP contribution < -0.4 is 5.32 Å². The Labute approximate surface area is 142 Å². The van der Waals surface area contributed by atoms with Gasteiger partial charge in [0.1, 0.15) is 0 Å². The van der Waals surface area contributed by atoms with E-state index < -0.39 is 11.7 Å². The van der Waals surface area contributed by atoms with Gasteiger partial charge in [-0.1, -0.05) is 30.3 Å². The average Bonchev–Trinajstić information content (AvgIpc) is 2.62. The van der Waals surface area contributed by atoms with Gasteiger partial charge in [-0.15, -0.1) is 0 Å². The van der Waals surface area contributed by atoms with Gasteiger partial charge in [-0.05, 0) is 36.4 Å². The summed E-state index contributed by atoms with van der Waals surface area (Å²) >= 11 is 0. The first-order valence-electron chi connectivity index (χ1n) is 7.44. The Bertz CT molecular complexity index is 892. The summed E-state index contributed by atoms with van der Waals surface area (Å²) in [5.41, 5.74) is 0.574. The zero-order chi connectivity index (χ0) is 17.9. The third kappa shape index (κ3) is 3.85. The number of pyridine rings is 1. The van der Waals surface area contributed by atoms with E-state index >= 15 is 0 Å². The number of hydrogen-bond donors (Lipinski definition) is 1. The van der Waals surface area contributed by atoms with E-state index in [0.717, 1.165) is 12.1 Å². The largest absolute Gasteiger partial charge is 0.416 e. The molecular weight excluding hydrogens is 329 g/mol. The zero-order valence-corrected chi connectivity index (χ0v) is 12.9. The number of nitrogens with zero attached hydrogens (tertiary/aromatic N) is 1. The molecule has 0 saturated heterocycles. The molecule has 0 atom stereocenters. The average molecular weight is 342 g/mol. The van der Waals surface area contributed by atoms with E-state index in [4.69, 9.17) is 0 Å². The van der Waals surface area contributed by atoms with E-state index in [1.54, 1.807) is 42.5 Å². The lowest BCUT2D eigenvalue weighted by Gasteiger charge is -2.12. The Morgan fingerprint density at radius 3 is 2.40 bits per heavy atom. The second-order valence-corrected chi connectivity index (χ2v) is 5.30. The summed E-state index contributed by atoms with van der Waals surface area (Å²) in [5.74, 6) is -0.359. The summed E-state index contributed by atoms with van der Waals surface area (Å²) in [6.07, 6.45) is -2.98. The van der Waals surface area contributed by atoms with Crippen LogP contribution >= 0.6 is 0 Å². The lowest BCUT2D eigenvalue weighted by molar-refractivity contribution is -0.137. The lowest BCUT2D eigenvalue weighted by Crippen LogP contribution is -2.13. The quantitative estimate of drug-likeness (QED) is 0.726. The lowest BCUT2D eigenvalue weighted by atomic mass is 10.1. The first-order valence-corrected chi connectivity index (χ1v) is 7.44. The van der Waals surface area contributed by atoms with Crippen LogP contribution in [0.1, 0.15) is 15.9 Å². The number of nitrogens with one attached hydrogen (secondary N) is 1. The fourth-order valence-corrected chi connectivity index (χ4v) is 2.36. The Morgan fingerprint density at radius 1 is 0.920 bits per heavy atom. The first kappa shape index (κ1) is 16.7. The molecule has 0 radical (unpaired) electrons. The molecule has 3 nitrogen and oxygen atoms in total. The minimum absolute atomic E-state index is 0.276. The van der Waals surface area contributed by atoms with Crippen molar-refractivity contribution in [1.29, 1.82) is 0 Å². The Hall–Kier alpha value is -3.15. The van der Waals surface area contributed by atoms with Crippen LogP contribution in [0.3, 0.4) is 0 Å². The van der Waals surface area contributed by atoms with Crippen molar-refractivity contribution in [3.05, 3.63) is 84.1 Å². The number of anilines is 1.